The van der Waals surface area contributed by atoms with Crippen LogP contribution in [0, 0.1) is 5.92 Å². The van der Waals surface area contributed by atoms with Gasteiger partial charge in [-0.05, 0) is 43.5 Å². The zero-order valence-corrected chi connectivity index (χ0v) is 11.0. The van der Waals surface area contributed by atoms with Gasteiger partial charge in [-0.2, -0.15) is 0 Å². The molecule has 2 N–H and O–H groups in total. The molecule has 4 heteroatoms. The minimum absolute atomic E-state index is 0.134. The molecule has 102 valence electrons. The van der Waals surface area contributed by atoms with Crippen LogP contribution in [0.4, 0.5) is 5.69 Å². The van der Waals surface area contributed by atoms with E-state index in [1.54, 1.807) is 12.1 Å². The SMILES string of the molecule is Nc1ccc(C(=O)N(CC2CCOC2)C2CC2)cc1. The number of nitrogen functional groups attached to an aromatic ring is 1. The molecule has 1 atom stereocenters. The van der Waals surface area contributed by atoms with Gasteiger partial charge in [0.05, 0.1) is 6.61 Å². The number of amides is 1. The molecule has 0 spiro atoms. The normalized spacial score (nSPS) is 22.4. The lowest BCUT2D eigenvalue weighted by Crippen LogP contribution is -2.37. The van der Waals surface area contributed by atoms with Gasteiger partial charge in [-0.15, -0.1) is 0 Å². The predicted molar refractivity (Wildman–Crippen MR) is 73.8 cm³/mol. The smallest absolute Gasteiger partial charge is 0.254 e. The topological polar surface area (TPSA) is 55.6 Å². The van der Waals surface area contributed by atoms with Crippen molar-refractivity contribution in [3.05, 3.63) is 29.8 Å². The van der Waals surface area contributed by atoms with Crippen molar-refractivity contribution in [2.75, 3.05) is 25.5 Å². The van der Waals surface area contributed by atoms with E-state index in [0.29, 0.717) is 17.6 Å². The number of hydrogen-bond donors (Lipinski definition) is 1. The molecule has 1 aliphatic heterocycles. The van der Waals surface area contributed by atoms with E-state index in [-0.39, 0.29) is 5.91 Å². The Balaban J connectivity index is 1.71. The Bertz CT molecular complexity index is 448. The summed E-state index contributed by atoms with van der Waals surface area (Å²) in [6.45, 7) is 2.45. The molecule has 0 aromatic heterocycles. The first-order valence-electron chi connectivity index (χ1n) is 6.98. The molecule has 2 aliphatic rings. The van der Waals surface area contributed by atoms with Crippen LogP contribution in [0.1, 0.15) is 29.6 Å². The molecule has 1 heterocycles. The Morgan fingerprint density at radius 3 is 2.58 bits per heavy atom. The molecule has 1 aromatic rings. The summed E-state index contributed by atoms with van der Waals surface area (Å²) in [4.78, 5) is 14.6. The summed E-state index contributed by atoms with van der Waals surface area (Å²) in [7, 11) is 0. The number of ether oxygens (including phenoxy) is 1. The number of anilines is 1. The van der Waals surface area contributed by atoms with Crippen LogP contribution in [0.3, 0.4) is 0 Å². The summed E-state index contributed by atoms with van der Waals surface area (Å²) in [5.74, 6) is 0.632. The fourth-order valence-corrected chi connectivity index (χ4v) is 2.58. The van der Waals surface area contributed by atoms with Gasteiger partial charge in [0.15, 0.2) is 0 Å². The first-order valence-corrected chi connectivity index (χ1v) is 6.98. The van der Waals surface area contributed by atoms with Gasteiger partial charge in [0.2, 0.25) is 0 Å². The first-order chi connectivity index (χ1) is 9.24. The van der Waals surface area contributed by atoms with E-state index < -0.39 is 0 Å². The van der Waals surface area contributed by atoms with E-state index in [4.69, 9.17) is 10.5 Å². The first kappa shape index (κ1) is 12.5. The standard InChI is InChI=1S/C15H20N2O2/c16-13-3-1-12(2-4-13)15(18)17(14-5-6-14)9-11-7-8-19-10-11/h1-4,11,14H,5-10,16H2. The quantitative estimate of drug-likeness (QED) is 0.841. The highest BCUT2D eigenvalue weighted by atomic mass is 16.5. The summed E-state index contributed by atoms with van der Waals surface area (Å²) < 4.78 is 5.40. The highest BCUT2D eigenvalue weighted by Crippen LogP contribution is 2.30. The summed E-state index contributed by atoms with van der Waals surface area (Å²) >= 11 is 0. The molecule has 0 bridgehead atoms. The van der Waals surface area contributed by atoms with Crippen LogP contribution < -0.4 is 5.73 Å². The third kappa shape index (κ3) is 2.89. The Morgan fingerprint density at radius 1 is 1.26 bits per heavy atom. The summed E-state index contributed by atoms with van der Waals surface area (Å²) in [6, 6.07) is 7.65. The zero-order valence-electron chi connectivity index (χ0n) is 11.0. The predicted octanol–water partition coefficient (Wildman–Crippen LogP) is 1.91. The maximum atomic E-state index is 12.6. The van der Waals surface area contributed by atoms with E-state index >= 15 is 0 Å². The Kier molecular flexibility index (Phi) is 3.42. The van der Waals surface area contributed by atoms with Crippen molar-refractivity contribution in [1.82, 2.24) is 4.90 Å². The van der Waals surface area contributed by atoms with Crippen LogP contribution in [0.5, 0.6) is 0 Å². The lowest BCUT2D eigenvalue weighted by molar-refractivity contribution is 0.0706. The largest absolute Gasteiger partial charge is 0.399 e. The number of nitrogens with zero attached hydrogens (tertiary/aromatic N) is 1. The number of rotatable bonds is 4. The van der Waals surface area contributed by atoms with Gasteiger partial charge in [-0.25, -0.2) is 0 Å². The van der Waals surface area contributed by atoms with Crippen molar-refractivity contribution in [1.29, 1.82) is 0 Å². The van der Waals surface area contributed by atoms with E-state index in [2.05, 4.69) is 0 Å². The van der Waals surface area contributed by atoms with Crippen LogP contribution in [0.25, 0.3) is 0 Å². The third-order valence-corrected chi connectivity index (χ3v) is 3.89. The highest BCUT2D eigenvalue weighted by molar-refractivity contribution is 5.95. The van der Waals surface area contributed by atoms with Crippen LogP contribution in [0.15, 0.2) is 24.3 Å². The van der Waals surface area contributed by atoms with Gasteiger partial charge in [-0.1, -0.05) is 0 Å². The molecule has 19 heavy (non-hydrogen) atoms. The van der Waals surface area contributed by atoms with Crippen LogP contribution in [-0.4, -0.2) is 36.6 Å². The van der Waals surface area contributed by atoms with Gasteiger partial charge in [-0.3, -0.25) is 4.79 Å². The second-order valence-corrected chi connectivity index (χ2v) is 5.54. The maximum Gasteiger partial charge on any atom is 0.254 e. The van der Waals surface area contributed by atoms with Crippen molar-refractivity contribution in [3.63, 3.8) is 0 Å². The van der Waals surface area contributed by atoms with Crippen molar-refractivity contribution < 1.29 is 9.53 Å². The summed E-state index contributed by atoms with van der Waals surface area (Å²) in [5, 5.41) is 0. The van der Waals surface area contributed by atoms with Crippen molar-refractivity contribution in [2.45, 2.75) is 25.3 Å². The number of hydrogen-bond acceptors (Lipinski definition) is 3. The summed E-state index contributed by atoms with van der Waals surface area (Å²) in [5.41, 5.74) is 7.10. The fourth-order valence-electron chi connectivity index (χ4n) is 2.58. The molecule has 1 saturated heterocycles. The van der Waals surface area contributed by atoms with Crippen LogP contribution >= 0.6 is 0 Å². The zero-order chi connectivity index (χ0) is 13.2. The number of nitrogens with two attached hydrogens (primary N) is 1. The van der Waals surface area contributed by atoms with Gasteiger partial charge < -0.3 is 15.4 Å². The van der Waals surface area contributed by atoms with Gasteiger partial charge >= 0.3 is 0 Å². The van der Waals surface area contributed by atoms with Crippen LogP contribution in [-0.2, 0) is 4.74 Å². The van der Waals surface area contributed by atoms with Crippen LogP contribution in [0.2, 0.25) is 0 Å². The molecule has 1 amide bonds. The highest BCUT2D eigenvalue weighted by Gasteiger charge is 2.35. The van der Waals surface area contributed by atoms with E-state index in [9.17, 15) is 4.79 Å². The number of carbonyl (C=O) groups is 1. The molecular weight excluding hydrogens is 240 g/mol. The van der Waals surface area contributed by atoms with Gasteiger partial charge in [0, 0.05) is 36.4 Å². The summed E-state index contributed by atoms with van der Waals surface area (Å²) in [6.07, 6.45) is 3.33. The Morgan fingerprint density at radius 2 is 2.00 bits per heavy atom. The lowest BCUT2D eigenvalue weighted by atomic mass is 10.1. The Hall–Kier alpha value is -1.55. The second-order valence-electron chi connectivity index (χ2n) is 5.54. The van der Waals surface area contributed by atoms with E-state index in [1.807, 2.05) is 17.0 Å². The maximum absolute atomic E-state index is 12.6. The minimum atomic E-state index is 0.134. The second kappa shape index (κ2) is 5.21. The molecule has 1 unspecified atom stereocenters. The molecule has 4 nitrogen and oxygen atoms in total. The van der Waals surface area contributed by atoms with E-state index in [0.717, 1.165) is 44.6 Å². The fraction of sp³-hybridized carbons (Fsp3) is 0.533. The van der Waals surface area contributed by atoms with Crippen molar-refractivity contribution in [3.8, 4) is 0 Å². The number of carbonyl (C=O) groups excluding carboxylic acids is 1. The van der Waals surface area contributed by atoms with Crippen molar-refractivity contribution >= 4 is 11.6 Å². The average Bonchev–Trinajstić information content (AvgIpc) is 3.13. The molecule has 1 aliphatic carbocycles. The Labute approximate surface area is 113 Å². The molecular formula is C15H20N2O2. The lowest BCUT2D eigenvalue weighted by Gasteiger charge is -2.25. The van der Waals surface area contributed by atoms with Crippen molar-refractivity contribution in [2.24, 2.45) is 5.92 Å². The van der Waals surface area contributed by atoms with Gasteiger partial charge in [0.25, 0.3) is 5.91 Å². The average molecular weight is 260 g/mol. The minimum Gasteiger partial charge on any atom is -0.399 e. The third-order valence-electron chi connectivity index (χ3n) is 3.89. The monoisotopic (exact) mass is 260 g/mol. The molecule has 1 saturated carbocycles. The number of benzene rings is 1. The van der Waals surface area contributed by atoms with E-state index in [1.165, 1.54) is 0 Å². The molecule has 1 aromatic carbocycles. The molecule has 2 fully saturated rings. The van der Waals surface area contributed by atoms with Gasteiger partial charge in [0.1, 0.15) is 0 Å². The molecule has 3 rings (SSSR count). The molecule has 0 radical (unpaired) electrons.